The van der Waals surface area contributed by atoms with Gasteiger partial charge in [-0.1, -0.05) is 24.3 Å². The maximum Gasteiger partial charge on any atom is 0.223 e. The highest BCUT2D eigenvalue weighted by atomic mass is 16.5. The van der Waals surface area contributed by atoms with Crippen LogP contribution in [0.1, 0.15) is 18.4 Å². The standard InChI is InChI=1S/C14H19NO2/c1-3-4-10-15-14(16)9-11-17-13-8-6-5-7-12(13)2/h3,5-8H,1,4,9-11H2,2H3,(H,15,16). The molecule has 0 aliphatic rings. The van der Waals surface area contributed by atoms with E-state index in [1.54, 1.807) is 6.08 Å². The van der Waals surface area contributed by atoms with Crippen molar-refractivity contribution < 1.29 is 9.53 Å². The Kier molecular flexibility index (Phi) is 5.86. The zero-order valence-corrected chi connectivity index (χ0v) is 10.2. The Hall–Kier alpha value is -1.77. The van der Waals surface area contributed by atoms with Gasteiger partial charge in [0.25, 0.3) is 0 Å². The van der Waals surface area contributed by atoms with Crippen LogP contribution >= 0.6 is 0 Å². The first-order chi connectivity index (χ1) is 8.24. The van der Waals surface area contributed by atoms with E-state index in [1.165, 1.54) is 0 Å². The molecule has 1 N–H and O–H groups in total. The highest BCUT2D eigenvalue weighted by Crippen LogP contribution is 2.15. The van der Waals surface area contributed by atoms with E-state index in [9.17, 15) is 4.79 Å². The Bertz CT molecular complexity index is 374. The van der Waals surface area contributed by atoms with E-state index < -0.39 is 0 Å². The van der Waals surface area contributed by atoms with E-state index in [1.807, 2.05) is 31.2 Å². The zero-order chi connectivity index (χ0) is 12.5. The molecule has 0 saturated carbocycles. The van der Waals surface area contributed by atoms with Crippen LogP contribution in [0.4, 0.5) is 0 Å². The van der Waals surface area contributed by atoms with Crippen LogP contribution in [-0.4, -0.2) is 19.1 Å². The summed E-state index contributed by atoms with van der Waals surface area (Å²) >= 11 is 0. The zero-order valence-electron chi connectivity index (χ0n) is 10.2. The Morgan fingerprint density at radius 2 is 2.24 bits per heavy atom. The van der Waals surface area contributed by atoms with Gasteiger partial charge in [0.15, 0.2) is 0 Å². The molecule has 0 fully saturated rings. The van der Waals surface area contributed by atoms with Crippen molar-refractivity contribution in [2.45, 2.75) is 19.8 Å². The minimum atomic E-state index is 0.0143. The molecule has 0 unspecified atom stereocenters. The van der Waals surface area contributed by atoms with Crippen LogP contribution in [0.3, 0.4) is 0 Å². The number of carbonyl (C=O) groups is 1. The number of hydrogen-bond acceptors (Lipinski definition) is 2. The summed E-state index contributed by atoms with van der Waals surface area (Å²) in [6.07, 6.45) is 2.96. The normalized spacial score (nSPS) is 9.71. The van der Waals surface area contributed by atoms with Gasteiger partial charge in [-0.05, 0) is 25.0 Å². The summed E-state index contributed by atoms with van der Waals surface area (Å²) in [4.78, 5) is 11.4. The monoisotopic (exact) mass is 233 g/mol. The van der Waals surface area contributed by atoms with E-state index in [0.717, 1.165) is 17.7 Å². The average molecular weight is 233 g/mol. The van der Waals surface area contributed by atoms with Crippen LogP contribution in [0.15, 0.2) is 36.9 Å². The van der Waals surface area contributed by atoms with Crippen molar-refractivity contribution in [1.29, 1.82) is 0 Å². The number of nitrogens with one attached hydrogen (secondary N) is 1. The van der Waals surface area contributed by atoms with Crippen molar-refractivity contribution in [3.63, 3.8) is 0 Å². The average Bonchev–Trinajstić information content (AvgIpc) is 2.32. The van der Waals surface area contributed by atoms with Crippen molar-refractivity contribution in [3.05, 3.63) is 42.5 Å². The quantitative estimate of drug-likeness (QED) is 0.580. The van der Waals surface area contributed by atoms with E-state index >= 15 is 0 Å². The molecule has 1 aromatic carbocycles. The lowest BCUT2D eigenvalue weighted by molar-refractivity contribution is -0.121. The number of aryl methyl sites for hydroxylation is 1. The molecule has 0 heterocycles. The molecule has 0 aliphatic carbocycles. The summed E-state index contributed by atoms with van der Waals surface area (Å²) in [5, 5.41) is 2.79. The van der Waals surface area contributed by atoms with Crippen LogP contribution in [0.2, 0.25) is 0 Å². The summed E-state index contributed by atoms with van der Waals surface area (Å²) < 4.78 is 5.53. The van der Waals surface area contributed by atoms with Gasteiger partial charge in [-0.25, -0.2) is 0 Å². The van der Waals surface area contributed by atoms with E-state index in [2.05, 4.69) is 11.9 Å². The first-order valence-electron chi connectivity index (χ1n) is 5.80. The summed E-state index contributed by atoms with van der Waals surface area (Å²) in [5.41, 5.74) is 1.08. The molecule has 0 radical (unpaired) electrons. The van der Waals surface area contributed by atoms with Crippen molar-refractivity contribution in [1.82, 2.24) is 5.32 Å². The summed E-state index contributed by atoms with van der Waals surface area (Å²) in [5.74, 6) is 0.854. The number of benzene rings is 1. The second-order valence-electron chi connectivity index (χ2n) is 3.79. The van der Waals surface area contributed by atoms with Gasteiger partial charge in [-0.15, -0.1) is 6.58 Å². The molecule has 0 aromatic heterocycles. The fourth-order valence-electron chi connectivity index (χ4n) is 1.37. The maximum atomic E-state index is 11.4. The number of amides is 1. The predicted molar refractivity (Wildman–Crippen MR) is 69.1 cm³/mol. The number of ether oxygens (including phenoxy) is 1. The molecule has 1 aromatic rings. The first kappa shape index (κ1) is 13.3. The molecule has 0 saturated heterocycles. The topological polar surface area (TPSA) is 38.3 Å². The SMILES string of the molecule is C=CCCNC(=O)CCOc1ccccc1C. The Morgan fingerprint density at radius 1 is 1.47 bits per heavy atom. The minimum absolute atomic E-state index is 0.0143. The minimum Gasteiger partial charge on any atom is -0.493 e. The lowest BCUT2D eigenvalue weighted by Gasteiger charge is -2.08. The predicted octanol–water partition coefficient (Wildman–Crippen LogP) is 2.46. The number of para-hydroxylation sites is 1. The third kappa shape index (κ3) is 5.20. The molecule has 92 valence electrons. The highest BCUT2D eigenvalue weighted by Gasteiger charge is 2.02. The molecule has 3 heteroatoms. The number of rotatable bonds is 7. The molecule has 0 aliphatic heterocycles. The van der Waals surface area contributed by atoms with Gasteiger partial charge in [0.05, 0.1) is 13.0 Å². The van der Waals surface area contributed by atoms with Gasteiger partial charge in [-0.2, -0.15) is 0 Å². The van der Waals surface area contributed by atoms with Gasteiger partial charge < -0.3 is 10.1 Å². The van der Waals surface area contributed by atoms with E-state index in [-0.39, 0.29) is 5.91 Å². The summed E-state index contributed by atoms with van der Waals surface area (Å²) in [7, 11) is 0. The lowest BCUT2D eigenvalue weighted by atomic mass is 10.2. The molecule has 0 atom stereocenters. The highest BCUT2D eigenvalue weighted by molar-refractivity contribution is 5.75. The van der Waals surface area contributed by atoms with Crippen LogP contribution in [0.25, 0.3) is 0 Å². The summed E-state index contributed by atoms with van der Waals surface area (Å²) in [6.45, 7) is 6.63. The second kappa shape index (κ2) is 7.49. The fourth-order valence-corrected chi connectivity index (χ4v) is 1.37. The second-order valence-corrected chi connectivity index (χ2v) is 3.79. The van der Waals surface area contributed by atoms with Crippen molar-refractivity contribution >= 4 is 5.91 Å². The molecule has 0 spiro atoms. The molecular weight excluding hydrogens is 214 g/mol. The smallest absolute Gasteiger partial charge is 0.223 e. The molecule has 1 rings (SSSR count). The Balaban J connectivity index is 2.21. The molecule has 0 bridgehead atoms. The van der Waals surface area contributed by atoms with Crippen molar-refractivity contribution in [2.75, 3.05) is 13.2 Å². The molecule has 17 heavy (non-hydrogen) atoms. The Labute approximate surface area is 102 Å². The number of hydrogen-bond donors (Lipinski definition) is 1. The van der Waals surface area contributed by atoms with Crippen LogP contribution in [0, 0.1) is 6.92 Å². The van der Waals surface area contributed by atoms with Gasteiger partial charge in [0, 0.05) is 6.54 Å². The fraction of sp³-hybridized carbons (Fsp3) is 0.357. The van der Waals surface area contributed by atoms with E-state index in [0.29, 0.717) is 19.6 Å². The van der Waals surface area contributed by atoms with Gasteiger partial charge >= 0.3 is 0 Å². The number of carbonyl (C=O) groups excluding carboxylic acids is 1. The summed E-state index contributed by atoms with van der Waals surface area (Å²) in [6, 6.07) is 7.78. The maximum absolute atomic E-state index is 11.4. The Morgan fingerprint density at radius 3 is 2.94 bits per heavy atom. The van der Waals surface area contributed by atoms with Crippen molar-refractivity contribution in [2.24, 2.45) is 0 Å². The van der Waals surface area contributed by atoms with Crippen LogP contribution in [0.5, 0.6) is 5.75 Å². The molecule has 3 nitrogen and oxygen atoms in total. The van der Waals surface area contributed by atoms with Gasteiger partial charge in [-0.3, -0.25) is 4.79 Å². The van der Waals surface area contributed by atoms with E-state index in [4.69, 9.17) is 4.74 Å². The van der Waals surface area contributed by atoms with Crippen molar-refractivity contribution in [3.8, 4) is 5.75 Å². The van der Waals surface area contributed by atoms with Crippen LogP contribution < -0.4 is 10.1 Å². The first-order valence-corrected chi connectivity index (χ1v) is 5.80. The third-order valence-electron chi connectivity index (χ3n) is 2.35. The molecule has 1 amide bonds. The van der Waals surface area contributed by atoms with Crippen LogP contribution in [-0.2, 0) is 4.79 Å². The van der Waals surface area contributed by atoms with Gasteiger partial charge in [0.2, 0.25) is 5.91 Å². The van der Waals surface area contributed by atoms with Gasteiger partial charge in [0.1, 0.15) is 5.75 Å². The third-order valence-corrected chi connectivity index (χ3v) is 2.35. The lowest BCUT2D eigenvalue weighted by Crippen LogP contribution is -2.25. The molecular formula is C14H19NO2. The largest absolute Gasteiger partial charge is 0.493 e.